The lowest BCUT2D eigenvalue weighted by molar-refractivity contribution is -0.0542. The van der Waals surface area contributed by atoms with Crippen molar-refractivity contribution in [2.75, 3.05) is 0 Å². The van der Waals surface area contributed by atoms with Gasteiger partial charge in [-0.25, -0.2) is 0 Å². The third-order valence-corrected chi connectivity index (χ3v) is 5.48. The number of amides is 1. The van der Waals surface area contributed by atoms with Crippen molar-refractivity contribution in [3.8, 4) is 6.07 Å². The van der Waals surface area contributed by atoms with Crippen molar-refractivity contribution in [2.45, 2.75) is 12.3 Å². The molecular formula is C22H14Cl2N2O2. The number of carbonyl (C=O) groups is 1. The zero-order chi connectivity index (χ0) is 19.9. The largest absolute Gasteiger partial charge is 0.363 e. The molecule has 0 aliphatic carbocycles. The van der Waals surface area contributed by atoms with Crippen LogP contribution >= 0.6 is 23.2 Å². The number of aliphatic hydroxyl groups is 1. The van der Waals surface area contributed by atoms with Crippen LogP contribution in [-0.4, -0.2) is 15.9 Å². The molecule has 6 heteroatoms. The van der Waals surface area contributed by atoms with Gasteiger partial charge in [0.25, 0.3) is 5.91 Å². The molecule has 1 aliphatic heterocycles. The minimum absolute atomic E-state index is 0.147. The number of nitrogens with zero attached hydrogens (tertiary/aromatic N) is 2. The quantitative estimate of drug-likeness (QED) is 0.681. The number of benzene rings is 3. The molecule has 0 saturated heterocycles. The Balaban J connectivity index is 1.85. The van der Waals surface area contributed by atoms with Gasteiger partial charge >= 0.3 is 0 Å². The molecule has 1 amide bonds. The monoisotopic (exact) mass is 408 g/mol. The van der Waals surface area contributed by atoms with E-state index in [0.29, 0.717) is 21.7 Å². The normalized spacial score (nSPS) is 18.1. The van der Waals surface area contributed by atoms with E-state index in [1.807, 2.05) is 0 Å². The first-order valence-electron chi connectivity index (χ1n) is 8.53. The maximum atomic E-state index is 13.2. The molecule has 0 fully saturated rings. The van der Waals surface area contributed by atoms with Gasteiger partial charge in [-0.15, -0.1) is 0 Å². The van der Waals surface area contributed by atoms with Crippen LogP contribution in [0.4, 0.5) is 0 Å². The SMILES string of the molecule is N#Cc1ccc(CN2C(=O)c3c(Cl)cccc3C2(O)c2ccc(Cl)cc2)cc1. The van der Waals surface area contributed by atoms with Crippen molar-refractivity contribution < 1.29 is 9.90 Å². The van der Waals surface area contributed by atoms with E-state index in [-0.39, 0.29) is 23.0 Å². The Kier molecular flexibility index (Phi) is 4.60. The maximum Gasteiger partial charge on any atom is 0.258 e. The molecule has 0 bridgehead atoms. The molecule has 0 saturated carbocycles. The lowest BCUT2D eigenvalue weighted by Crippen LogP contribution is -2.44. The predicted molar refractivity (Wildman–Crippen MR) is 107 cm³/mol. The molecule has 138 valence electrons. The zero-order valence-electron chi connectivity index (χ0n) is 14.6. The highest BCUT2D eigenvalue weighted by Crippen LogP contribution is 2.45. The fraction of sp³-hybridized carbons (Fsp3) is 0.0909. The van der Waals surface area contributed by atoms with Crippen molar-refractivity contribution >= 4 is 29.1 Å². The summed E-state index contributed by atoms with van der Waals surface area (Å²) in [5, 5.41) is 21.6. The molecular weight excluding hydrogens is 395 g/mol. The molecule has 1 N–H and O–H groups in total. The Bertz CT molecular complexity index is 1100. The molecule has 4 nitrogen and oxygen atoms in total. The number of rotatable bonds is 3. The van der Waals surface area contributed by atoms with Gasteiger partial charge in [0.1, 0.15) is 0 Å². The Hall–Kier alpha value is -2.84. The number of halogens is 2. The van der Waals surface area contributed by atoms with E-state index in [9.17, 15) is 9.90 Å². The Morgan fingerprint density at radius 2 is 1.68 bits per heavy atom. The van der Waals surface area contributed by atoms with Crippen LogP contribution in [0.15, 0.2) is 66.7 Å². The topological polar surface area (TPSA) is 64.3 Å². The summed E-state index contributed by atoms with van der Waals surface area (Å²) in [7, 11) is 0. The second-order valence-corrected chi connectivity index (χ2v) is 7.39. The summed E-state index contributed by atoms with van der Waals surface area (Å²) in [5.41, 5.74) is 0.853. The van der Waals surface area contributed by atoms with Crippen LogP contribution in [0.1, 0.15) is 32.6 Å². The van der Waals surface area contributed by atoms with Gasteiger partial charge in [0, 0.05) is 22.7 Å². The number of nitriles is 1. The summed E-state index contributed by atoms with van der Waals surface area (Å²) in [5.74, 6) is -0.359. The highest BCUT2D eigenvalue weighted by molar-refractivity contribution is 6.34. The summed E-state index contributed by atoms with van der Waals surface area (Å²) in [6.07, 6.45) is 0. The highest BCUT2D eigenvalue weighted by atomic mass is 35.5. The Morgan fingerprint density at radius 3 is 2.32 bits per heavy atom. The van der Waals surface area contributed by atoms with Gasteiger partial charge in [0.05, 0.1) is 22.2 Å². The number of hydrogen-bond acceptors (Lipinski definition) is 3. The van der Waals surface area contributed by atoms with Gasteiger partial charge in [-0.1, -0.05) is 59.6 Å². The van der Waals surface area contributed by atoms with Gasteiger partial charge in [0.15, 0.2) is 5.72 Å². The van der Waals surface area contributed by atoms with Crippen molar-refractivity contribution in [1.82, 2.24) is 4.90 Å². The van der Waals surface area contributed by atoms with Gasteiger partial charge < -0.3 is 5.11 Å². The van der Waals surface area contributed by atoms with E-state index in [1.165, 1.54) is 4.90 Å². The molecule has 0 radical (unpaired) electrons. The third-order valence-electron chi connectivity index (χ3n) is 4.91. The second kappa shape index (κ2) is 6.96. The fourth-order valence-electron chi connectivity index (χ4n) is 3.51. The predicted octanol–water partition coefficient (Wildman–Crippen LogP) is 4.71. The van der Waals surface area contributed by atoms with E-state index in [2.05, 4.69) is 6.07 Å². The molecule has 3 aromatic carbocycles. The van der Waals surface area contributed by atoms with E-state index >= 15 is 0 Å². The van der Waals surface area contributed by atoms with Crippen molar-refractivity contribution in [1.29, 1.82) is 5.26 Å². The second-order valence-electron chi connectivity index (χ2n) is 6.54. The molecule has 0 aromatic heterocycles. The lowest BCUT2D eigenvalue weighted by Gasteiger charge is -2.35. The first-order valence-corrected chi connectivity index (χ1v) is 9.29. The van der Waals surface area contributed by atoms with Gasteiger partial charge in [-0.3, -0.25) is 9.69 Å². The van der Waals surface area contributed by atoms with Crippen LogP contribution < -0.4 is 0 Å². The van der Waals surface area contributed by atoms with Crippen LogP contribution in [0, 0.1) is 11.3 Å². The van der Waals surface area contributed by atoms with Gasteiger partial charge in [0.2, 0.25) is 0 Å². The summed E-state index contributed by atoms with van der Waals surface area (Å²) in [6.45, 7) is 0.147. The first kappa shape index (κ1) is 18.5. The van der Waals surface area contributed by atoms with Crippen LogP contribution in [0.2, 0.25) is 10.0 Å². The lowest BCUT2D eigenvalue weighted by atomic mass is 9.93. The van der Waals surface area contributed by atoms with E-state index in [0.717, 1.165) is 5.56 Å². The minimum Gasteiger partial charge on any atom is -0.363 e. The van der Waals surface area contributed by atoms with Gasteiger partial charge in [-0.2, -0.15) is 5.26 Å². The van der Waals surface area contributed by atoms with E-state index < -0.39 is 5.72 Å². The average molecular weight is 409 g/mol. The number of hydrogen-bond donors (Lipinski definition) is 1. The molecule has 1 heterocycles. The van der Waals surface area contributed by atoms with Gasteiger partial charge in [-0.05, 0) is 35.9 Å². The van der Waals surface area contributed by atoms with Crippen LogP contribution in [0.3, 0.4) is 0 Å². The Labute approximate surface area is 172 Å². The Morgan fingerprint density at radius 1 is 1.00 bits per heavy atom. The third kappa shape index (κ3) is 2.85. The van der Waals surface area contributed by atoms with Crippen LogP contribution in [0.25, 0.3) is 0 Å². The molecule has 3 aromatic rings. The summed E-state index contributed by atoms with van der Waals surface area (Å²) in [6, 6.07) is 20.7. The standard InChI is InChI=1S/C22H14Cl2N2O2/c23-17-10-8-16(9-11-17)22(28)18-2-1-3-19(24)20(18)21(27)26(22)13-15-6-4-14(12-25)5-7-15/h1-11,28H,13H2. The smallest absolute Gasteiger partial charge is 0.258 e. The van der Waals surface area contributed by atoms with Crippen molar-refractivity contribution in [3.63, 3.8) is 0 Å². The zero-order valence-corrected chi connectivity index (χ0v) is 16.1. The van der Waals surface area contributed by atoms with E-state index in [4.69, 9.17) is 28.5 Å². The number of fused-ring (bicyclic) bond motifs is 1. The average Bonchev–Trinajstić information content (AvgIpc) is 2.92. The molecule has 0 spiro atoms. The van der Waals surface area contributed by atoms with Crippen LogP contribution in [0.5, 0.6) is 0 Å². The summed E-state index contributed by atoms with van der Waals surface area (Å²) >= 11 is 12.3. The molecule has 28 heavy (non-hydrogen) atoms. The molecule has 4 rings (SSSR count). The first-order chi connectivity index (χ1) is 13.4. The summed E-state index contributed by atoms with van der Waals surface area (Å²) < 4.78 is 0. The highest BCUT2D eigenvalue weighted by Gasteiger charge is 2.50. The molecule has 1 atom stereocenters. The number of carbonyl (C=O) groups excluding carboxylic acids is 1. The van der Waals surface area contributed by atoms with E-state index in [1.54, 1.807) is 66.7 Å². The summed E-state index contributed by atoms with van der Waals surface area (Å²) in [4.78, 5) is 14.6. The molecule has 1 unspecified atom stereocenters. The van der Waals surface area contributed by atoms with Crippen molar-refractivity contribution in [2.24, 2.45) is 0 Å². The van der Waals surface area contributed by atoms with Crippen LogP contribution in [-0.2, 0) is 12.3 Å². The van der Waals surface area contributed by atoms with Crippen molar-refractivity contribution in [3.05, 3.63) is 105 Å². The fourth-order valence-corrected chi connectivity index (χ4v) is 3.89. The minimum atomic E-state index is -1.68. The molecule has 1 aliphatic rings. The maximum absolute atomic E-state index is 13.2.